The summed E-state index contributed by atoms with van der Waals surface area (Å²) in [5.41, 5.74) is 3.21. The van der Waals surface area contributed by atoms with Crippen LogP contribution in [0.4, 0.5) is 0 Å². The highest BCUT2D eigenvalue weighted by atomic mass is 16.5. The summed E-state index contributed by atoms with van der Waals surface area (Å²) in [5, 5.41) is 0. The molecule has 2 heteroatoms. The van der Waals surface area contributed by atoms with Gasteiger partial charge in [0, 0.05) is 11.5 Å². The normalized spacial score (nSPS) is 33.3. The summed E-state index contributed by atoms with van der Waals surface area (Å²) in [4.78, 5) is 11.8. The number of fused-ring (bicyclic) bond motifs is 1. The molecule has 0 aromatic rings. The summed E-state index contributed by atoms with van der Waals surface area (Å²) >= 11 is 0. The van der Waals surface area contributed by atoms with Crippen LogP contribution in [0, 0.1) is 11.8 Å². The van der Waals surface area contributed by atoms with Gasteiger partial charge in [0.2, 0.25) is 0 Å². The molecule has 2 aliphatic rings. The van der Waals surface area contributed by atoms with Gasteiger partial charge in [-0.05, 0) is 46.0 Å². The van der Waals surface area contributed by atoms with Gasteiger partial charge in [-0.2, -0.15) is 0 Å². The second-order valence-corrected chi connectivity index (χ2v) is 5.32. The fourth-order valence-corrected chi connectivity index (χ4v) is 3.00. The molecule has 0 aromatic carbocycles. The Morgan fingerprint density at radius 2 is 2.00 bits per heavy atom. The van der Waals surface area contributed by atoms with E-state index in [2.05, 4.69) is 13.5 Å². The van der Waals surface area contributed by atoms with E-state index in [4.69, 9.17) is 4.74 Å². The lowest BCUT2D eigenvalue weighted by molar-refractivity contribution is -0.150. The second kappa shape index (κ2) is 4.08. The van der Waals surface area contributed by atoms with Crippen molar-refractivity contribution in [1.29, 1.82) is 0 Å². The van der Waals surface area contributed by atoms with E-state index in [0.29, 0.717) is 11.8 Å². The molecule has 2 fully saturated rings. The Kier molecular flexibility index (Phi) is 2.92. The summed E-state index contributed by atoms with van der Waals surface area (Å²) in [6.07, 6.45) is 3.14. The Balaban J connectivity index is 2.23. The van der Waals surface area contributed by atoms with Gasteiger partial charge in [-0.3, -0.25) is 0 Å². The van der Waals surface area contributed by atoms with E-state index in [1.165, 1.54) is 5.57 Å². The van der Waals surface area contributed by atoms with Gasteiger partial charge in [-0.15, -0.1) is 0 Å². The van der Waals surface area contributed by atoms with Crippen LogP contribution in [0.1, 0.15) is 40.0 Å². The fourth-order valence-electron chi connectivity index (χ4n) is 3.00. The van der Waals surface area contributed by atoms with Crippen molar-refractivity contribution >= 4 is 5.97 Å². The van der Waals surface area contributed by atoms with Gasteiger partial charge in [-0.1, -0.05) is 17.7 Å². The van der Waals surface area contributed by atoms with Gasteiger partial charge in [0.25, 0.3) is 0 Å². The van der Waals surface area contributed by atoms with Crippen molar-refractivity contribution in [2.45, 2.75) is 46.1 Å². The molecule has 0 aromatic heterocycles. The van der Waals surface area contributed by atoms with Crippen LogP contribution in [0.5, 0.6) is 0 Å². The van der Waals surface area contributed by atoms with Gasteiger partial charge in [0.15, 0.2) is 0 Å². The first-order chi connectivity index (χ1) is 7.50. The van der Waals surface area contributed by atoms with E-state index in [1.54, 1.807) is 0 Å². The number of rotatable bonds is 1. The predicted molar refractivity (Wildman–Crippen MR) is 63.9 cm³/mol. The van der Waals surface area contributed by atoms with Crippen molar-refractivity contribution in [2.24, 2.45) is 11.8 Å². The highest BCUT2D eigenvalue weighted by Crippen LogP contribution is 2.44. The van der Waals surface area contributed by atoms with Gasteiger partial charge < -0.3 is 4.74 Å². The van der Waals surface area contributed by atoms with Crippen molar-refractivity contribution < 1.29 is 9.53 Å². The molecule has 2 nitrogen and oxygen atoms in total. The standard InChI is InChI=1S/C14H20O2/c1-8(2)10-5-6-13-12(10)7-11(9(3)4)14(15)16-13/h10,12-13H,1,5-7H2,2-4H3/t10-,12-,13-/m0/s1. The summed E-state index contributed by atoms with van der Waals surface area (Å²) in [7, 11) is 0. The molecule has 1 heterocycles. The average Bonchev–Trinajstić information content (AvgIpc) is 2.58. The Labute approximate surface area is 97.4 Å². The fraction of sp³-hybridized carbons (Fsp3) is 0.643. The SMILES string of the molecule is C=C(C)[C@@H]1CC[C@@H]2OC(=O)C(=C(C)C)C[C@H]21. The Hall–Kier alpha value is -1.05. The second-order valence-electron chi connectivity index (χ2n) is 5.32. The van der Waals surface area contributed by atoms with Crippen molar-refractivity contribution in [3.05, 3.63) is 23.3 Å². The lowest BCUT2D eigenvalue weighted by Crippen LogP contribution is -2.33. The third-order valence-corrected chi connectivity index (χ3v) is 3.94. The maximum atomic E-state index is 11.8. The van der Waals surface area contributed by atoms with Crippen molar-refractivity contribution in [1.82, 2.24) is 0 Å². The minimum absolute atomic E-state index is 0.0939. The molecular formula is C14H20O2. The molecule has 3 atom stereocenters. The third kappa shape index (κ3) is 1.81. The van der Waals surface area contributed by atoms with Crippen LogP contribution in [0.3, 0.4) is 0 Å². The molecule has 0 spiro atoms. The van der Waals surface area contributed by atoms with Gasteiger partial charge in [0.05, 0.1) is 0 Å². The molecule has 88 valence electrons. The number of hydrogen-bond donors (Lipinski definition) is 0. The largest absolute Gasteiger partial charge is 0.459 e. The van der Waals surface area contributed by atoms with Crippen LogP contribution in [0.15, 0.2) is 23.3 Å². The number of hydrogen-bond acceptors (Lipinski definition) is 2. The van der Waals surface area contributed by atoms with Crippen molar-refractivity contribution in [3.63, 3.8) is 0 Å². The number of esters is 1. The summed E-state index contributed by atoms with van der Waals surface area (Å²) in [6, 6.07) is 0. The number of carbonyl (C=O) groups excluding carboxylic acids is 1. The molecule has 0 bridgehead atoms. The van der Waals surface area contributed by atoms with E-state index in [9.17, 15) is 4.79 Å². The molecule has 1 saturated carbocycles. The highest BCUT2D eigenvalue weighted by molar-refractivity contribution is 5.90. The smallest absolute Gasteiger partial charge is 0.334 e. The maximum Gasteiger partial charge on any atom is 0.334 e. The topological polar surface area (TPSA) is 26.3 Å². The first-order valence-electron chi connectivity index (χ1n) is 6.03. The van der Waals surface area contributed by atoms with E-state index in [1.807, 2.05) is 13.8 Å². The van der Waals surface area contributed by atoms with Crippen LogP contribution in [0.25, 0.3) is 0 Å². The minimum Gasteiger partial charge on any atom is -0.459 e. The van der Waals surface area contributed by atoms with Crippen LogP contribution in [-0.2, 0) is 9.53 Å². The maximum absolute atomic E-state index is 11.8. The molecule has 1 aliphatic carbocycles. The van der Waals surface area contributed by atoms with Crippen LogP contribution >= 0.6 is 0 Å². The van der Waals surface area contributed by atoms with Crippen LogP contribution in [-0.4, -0.2) is 12.1 Å². The highest BCUT2D eigenvalue weighted by Gasteiger charge is 2.43. The Bertz CT molecular complexity index is 361. The number of carbonyl (C=O) groups is 1. The van der Waals surface area contributed by atoms with Gasteiger partial charge in [0.1, 0.15) is 6.10 Å². The summed E-state index contributed by atoms with van der Waals surface area (Å²) < 4.78 is 5.53. The lowest BCUT2D eigenvalue weighted by atomic mass is 9.82. The number of ether oxygens (including phenoxy) is 1. The molecule has 2 rings (SSSR count). The molecule has 0 unspecified atom stereocenters. The molecular weight excluding hydrogens is 200 g/mol. The molecule has 1 aliphatic heterocycles. The average molecular weight is 220 g/mol. The summed E-state index contributed by atoms with van der Waals surface area (Å²) in [6.45, 7) is 10.1. The molecule has 0 N–H and O–H groups in total. The van der Waals surface area contributed by atoms with E-state index in [0.717, 1.165) is 30.4 Å². The lowest BCUT2D eigenvalue weighted by Gasteiger charge is -2.31. The summed E-state index contributed by atoms with van der Waals surface area (Å²) in [5.74, 6) is 0.913. The van der Waals surface area contributed by atoms with Crippen molar-refractivity contribution in [2.75, 3.05) is 0 Å². The quantitative estimate of drug-likeness (QED) is 0.385. The van der Waals surface area contributed by atoms with E-state index < -0.39 is 0 Å². The Morgan fingerprint density at radius 1 is 1.31 bits per heavy atom. The third-order valence-electron chi connectivity index (χ3n) is 3.94. The first kappa shape index (κ1) is 11.4. The van der Waals surface area contributed by atoms with E-state index >= 15 is 0 Å². The van der Waals surface area contributed by atoms with Gasteiger partial charge in [-0.25, -0.2) is 4.79 Å². The minimum atomic E-state index is -0.0939. The Morgan fingerprint density at radius 3 is 2.56 bits per heavy atom. The first-order valence-corrected chi connectivity index (χ1v) is 6.03. The predicted octanol–water partition coefficient (Wildman–Crippen LogP) is 3.24. The molecule has 0 amide bonds. The van der Waals surface area contributed by atoms with E-state index in [-0.39, 0.29) is 12.1 Å². The molecule has 16 heavy (non-hydrogen) atoms. The van der Waals surface area contributed by atoms with Crippen molar-refractivity contribution in [3.8, 4) is 0 Å². The van der Waals surface area contributed by atoms with Gasteiger partial charge >= 0.3 is 5.97 Å². The zero-order valence-electron chi connectivity index (χ0n) is 10.4. The molecule has 1 saturated heterocycles. The van der Waals surface area contributed by atoms with Crippen LogP contribution in [0.2, 0.25) is 0 Å². The van der Waals surface area contributed by atoms with Crippen LogP contribution < -0.4 is 0 Å². The zero-order valence-corrected chi connectivity index (χ0v) is 10.4. The number of allylic oxidation sites excluding steroid dienone is 2. The monoisotopic (exact) mass is 220 g/mol. The zero-order chi connectivity index (χ0) is 11.9. The molecule has 0 radical (unpaired) electrons.